The second kappa shape index (κ2) is 7.14. The van der Waals surface area contributed by atoms with Crippen LogP contribution in [0.15, 0.2) is 4.99 Å². The quantitative estimate of drug-likeness (QED) is 0.497. The summed E-state index contributed by atoms with van der Waals surface area (Å²) in [6.07, 6.45) is 2.33. The van der Waals surface area contributed by atoms with Crippen molar-refractivity contribution in [3.05, 3.63) is 0 Å². The standard InChI is InChI=1S/C10H22N2/c1-5-9(4)8-10(11-6-2)12-7-3/h9H,5-8H2,1-4H3,(H,11,12). The number of nitrogens with one attached hydrogen (secondary N) is 1. The number of hydrogen-bond donors (Lipinski definition) is 1. The van der Waals surface area contributed by atoms with Crippen molar-refractivity contribution in [1.82, 2.24) is 5.32 Å². The lowest BCUT2D eigenvalue weighted by atomic mass is 10.0. The van der Waals surface area contributed by atoms with Gasteiger partial charge in [0.05, 0.1) is 5.84 Å². The average Bonchev–Trinajstić information content (AvgIpc) is 2.05. The topological polar surface area (TPSA) is 24.4 Å². The lowest BCUT2D eigenvalue weighted by Gasteiger charge is -2.11. The summed E-state index contributed by atoms with van der Waals surface area (Å²) in [6, 6.07) is 0. The van der Waals surface area contributed by atoms with E-state index in [0.29, 0.717) is 0 Å². The lowest BCUT2D eigenvalue weighted by molar-refractivity contribution is 0.578. The zero-order valence-electron chi connectivity index (χ0n) is 8.85. The minimum absolute atomic E-state index is 0.745. The molecule has 0 saturated heterocycles. The van der Waals surface area contributed by atoms with Crippen LogP contribution in [0.5, 0.6) is 0 Å². The van der Waals surface area contributed by atoms with E-state index in [9.17, 15) is 0 Å². The predicted molar refractivity (Wildman–Crippen MR) is 55.7 cm³/mol. The van der Waals surface area contributed by atoms with Gasteiger partial charge in [-0.15, -0.1) is 0 Å². The maximum absolute atomic E-state index is 4.41. The Bertz CT molecular complexity index is 130. The predicted octanol–water partition coefficient (Wildman–Crippen LogP) is 2.45. The molecule has 12 heavy (non-hydrogen) atoms. The van der Waals surface area contributed by atoms with Gasteiger partial charge in [-0.2, -0.15) is 0 Å². The third kappa shape index (κ3) is 5.16. The maximum Gasteiger partial charge on any atom is 0.0965 e. The Hall–Kier alpha value is -0.530. The van der Waals surface area contributed by atoms with Gasteiger partial charge in [0.2, 0.25) is 0 Å². The van der Waals surface area contributed by atoms with E-state index in [2.05, 4.69) is 38.0 Å². The summed E-state index contributed by atoms with van der Waals surface area (Å²) in [6.45, 7) is 10.5. The van der Waals surface area contributed by atoms with E-state index in [0.717, 1.165) is 25.4 Å². The van der Waals surface area contributed by atoms with Gasteiger partial charge in [-0.3, -0.25) is 4.99 Å². The summed E-state index contributed by atoms with van der Waals surface area (Å²) in [5.74, 6) is 1.92. The number of aliphatic imine (C=N–C) groups is 1. The van der Waals surface area contributed by atoms with Gasteiger partial charge in [-0.1, -0.05) is 20.3 Å². The first-order valence-electron chi connectivity index (χ1n) is 5.01. The molecule has 0 aromatic carbocycles. The van der Waals surface area contributed by atoms with E-state index in [1.54, 1.807) is 0 Å². The number of rotatable bonds is 5. The van der Waals surface area contributed by atoms with Crippen LogP contribution >= 0.6 is 0 Å². The van der Waals surface area contributed by atoms with Gasteiger partial charge in [0.25, 0.3) is 0 Å². The van der Waals surface area contributed by atoms with Crippen LogP contribution in [0.25, 0.3) is 0 Å². The zero-order valence-corrected chi connectivity index (χ0v) is 8.85. The molecule has 0 aromatic heterocycles. The highest BCUT2D eigenvalue weighted by atomic mass is 15.0. The minimum Gasteiger partial charge on any atom is -0.374 e. The molecule has 2 nitrogen and oxygen atoms in total. The first-order valence-corrected chi connectivity index (χ1v) is 5.01. The highest BCUT2D eigenvalue weighted by molar-refractivity contribution is 5.82. The van der Waals surface area contributed by atoms with Gasteiger partial charge in [0.1, 0.15) is 0 Å². The molecule has 0 aromatic rings. The van der Waals surface area contributed by atoms with Crippen molar-refractivity contribution in [2.45, 2.75) is 40.5 Å². The van der Waals surface area contributed by atoms with E-state index in [1.165, 1.54) is 12.3 Å². The van der Waals surface area contributed by atoms with Crippen molar-refractivity contribution in [2.24, 2.45) is 10.9 Å². The van der Waals surface area contributed by atoms with Crippen LogP contribution in [-0.2, 0) is 0 Å². The van der Waals surface area contributed by atoms with Gasteiger partial charge in [0, 0.05) is 19.5 Å². The van der Waals surface area contributed by atoms with Crippen LogP contribution in [-0.4, -0.2) is 18.9 Å². The zero-order chi connectivity index (χ0) is 9.40. The smallest absolute Gasteiger partial charge is 0.0965 e. The molecule has 0 fully saturated rings. The van der Waals surface area contributed by atoms with Crippen molar-refractivity contribution < 1.29 is 0 Å². The molecule has 0 rings (SSSR count). The molecule has 2 heteroatoms. The first kappa shape index (κ1) is 11.5. The summed E-state index contributed by atoms with van der Waals surface area (Å²) in [4.78, 5) is 4.41. The molecule has 0 aliphatic rings. The highest BCUT2D eigenvalue weighted by Crippen LogP contribution is 2.06. The van der Waals surface area contributed by atoms with Crippen LogP contribution < -0.4 is 5.32 Å². The summed E-state index contributed by atoms with van der Waals surface area (Å²) < 4.78 is 0. The molecule has 0 amide bonds. The van der Waals surface area contributed by atoms with Crippen molar-refractivity contribution in [3.63, 3.8) is 0 Å². The first-order chi connectivity index (χ1) is 5.74. The lowest BCUT2D eigenvalue weighted by Crippen LogP contribution is -2.25. The van der Waals surface area contributed by atoms with Crippen LogP contribution in [0.1, 0.15) is 40.5 Å². The van der Waals surface area contributed by atoms with Gasteiger partial charge < -0.3 is 5.32 Å². The molecule has 72 valence electrons. The van der Waals surface area contributed by atoms with E-state index in [1.807, 2.05) is 0 Å². The van der Waals surface area contributed by atoms with Crippen LogP contribution in [0.3, 0.4) is 0 Å². The number of hydrogen-bond acceptors (Lipinski definition) is 1. The molecule has 0 radical (unpaired) electrons. The van der Waals surface area contributed by atoms with E-state index < -0.39 is 0 Å². The Labute approximate surface area is 76.5 Å². The molecule has 0 heterocycles. The Morgan fingerprint density at radius 2 is 2.00 bits per heavy atom. The van der Waals surface area contributed by atoms with Gasteiger partial charge in [-0.05, 0) is 19.8 Å². The molecular weight excluding hydrogens is 148 g/mol. The van der Waals surface area contributed by atoms with Gasteiger partial charge >= 0.3 is 0 Å². The molecule has 1 atom stereocenters. The minimum atomic E-state index is 0.745. The Morgan fingerprint density at radius 1 is 1.33 bits per heavy atom. The van der Waals surface area contributed by atoms with Crippen LogP contribution in [0.4, 0.5) is 0 Å². The van der Waals surface area contributed by atoms with E-state index in [-0.39, 0.29) is 0 Å². The molecule has 0 spiro atoms. The number of amidine groups is 1. The van der Waals surface area contributed by atoms with Gasteiger partial charge in [-0.25, -0.2) is 0 Å². The Morgan fingerprint density at radius 3 is 2.42 bits per heavy atom. The van der Waals surface area contributed by atoms with Crippen molar-refractivity contribution >= 4 is 5.84 Å². The summed E-state index contributed by atoms with van der Waals surface area (Å²) >= 11 is 0. The largest absolute Gasteiger partial charge is 0.374 e. The van der Waals surface area contributed by atoms with Gasteiger partial charge in [0.15, 0.2) is 0 Å². The van der Waals surface area contributed by atoms with Crippen molar-refractivity contribution in [1.29, 1.82) is 0 Å². The molecule has 0 aliphatic carbocycles. The molecule has 1 N–H and O–H groups in total. The molecule has 0 bridgehead atoms. The van der Waals surface area contributed by atoms with Crippen molar-refractivity contribution in [2.75, 3.05) is 13.1 Å². The SMILES string of the molecule is CCN=C(CC(C)CC)NCC. The maximum atomic E-state index is 4.41. The summed E-state index contributed by atoms with van der Waals surface area (Å²) in [5.41, 5.74) is 0. The molecule has 0 aliphatic heterocycles. The molecule has 1 unspecified atom stereocenters. The van der Waals surface area contributed by atoms with Crippen molar-refractivity contribution in [3.8, 4) is 0 Å². The normalized spacial score (nSPS) is 14.5. The van der Waals surface area contributed by atoms with E-state index in [4.69, 9.17) is 0 Å². The van der Waals surface area contributed by atoms with E-state index >= 15 is 0 Å². The fraction of sp³-hybridized carbons (Fsp3) is 0.900. The Kier molecular flexibility index (Phi) is 6.82. The molecule has 0 saturated carbocycles. The number of nitrogens with zero attached hydrogens (tertiary/aromatic N) is 1. The van der Waals surface area contributed by atoms with Crippen LogP contribution in [0, 0.1) is 5.92 Å². The fourth-order valence-corrected chi connectivity index (χ4v) is 1.06. The monoisotopic (exact) mass is 170 g/mol. The molecular formula is C10H22N2. The third-order valence-corrected chi connectivity index (χ3v) is 1.97. The average molecular weight is 170 g/mol. The second-order valence-electron chi connectivity index (χ2n) is 3.17. The second-order valence-corrected chi connectivity index (χ2v) is 3.17. The summed E-state index contributed by atoms with van der Waals surface area (Å²) in [5, 5.41) is 3.30. The Balaban J connectivity index is 3.86. The third-order valence-electron chi connectivity index (χ3n) is 1.97. The fourth-order valence-electron chi connectivity index (χ4n) is 1.06. The van der Waals surface area contributed by atoms with Crippen LogP contribution in [0.2, 0.25) is 0 Å². The summed E-state index contributed by atoms with van der Waals surface area (Å²) in [7, 11) is 0. The highest BCUT2D eigenvalue weighted by Gasteiger charge is 2.03.